The second-order valence-electron chi connectivity index (χ2n) is 4.40. The van der Waals surface area contributed by atoms with Gasteiger partial charge in [-0.1, -0.05) is 18.9 Å². The monoisotopic (exact) mass is 207 g/mol. The van der Waals surface area contributed by atoms with E-state index < -0.39 is 0 Å². The fraction of sp³-hybridized carbons (Fsp3) is 0.667. The molecular weight excluding hydrogens is 190 g/mol. The molecule has 2 amide bonds. The van der Waals surface area contributed by atoms with Gasteiger partial charge in [-0.3, -0.25) is 14.5 Å². The molecule has 2 atom stereocenters. The predicted molar refractivity (Wildman–Crippen MR) is 57.0 cm³/mol. The minimum Gasteiger partial charge on any atom is -0.282 e. The van der Waals surface area contributed by atoms with Crippen molar-refractivity contribution in [3.8, 4) is 0 Å². The highest BCUT2D eigenvalue weighted by molar-refractivity contribution is 6.05. The van der Waals surface area contributed by atoms with Crippen LogP contribution in [0, 0.1) is 11.8 Å². The van der Waals surface area contributed by atoms with E-state index in [-0.39, 0.29) is 23.7 Å². The number of likely N-dealkylation sites (tertiary alicyclic amines) is 1. The highest BCUT2D eigenvalue weighted by Crippen LogP contribution is 2.37. The zero-order valence-corrected chi connectivity index (χ0v) is 8.95. The molecule has 2 fully saturated rings. The van der Waals surface area contributed by atoms with Crippen molar-refractivity contribution in [2.24, 2.45) is 11.8 Å². The zero-order chi connectivity index (χ0) is 10.8. The van der Waals surface area contributed by atoms with Crippen LogP contribution >= 0.6 is 0 Å². The largest absolute Gasteiger partial charge is 0.282 e. The summed E-state index contributed by atoms with van der Waals surface area (Å²) < 4.78 is 0. The second kappa shape index (κ2) is 4.17. The Balaban J connectivity index is 2.10. The molecule has 1 aliphatic carbocycles. The topological polar surface area (TPSA) is 37.4 Å². The Labute approximate surface area is 90.1 Å². The molecule has 0 spiro atoms. The van der Waals surface area contributed by atoms with Crippen LogP contribution in [0.25, 0.3) is 0 Å². The predicted octanol–water partition coefficient (Wildman–Crippen LogP) is 1.74. The maximum atomic E-state index is 11.9. The summed E-state index contributed by atoms with van der Waals surface area (Å²) >= 11 is 0. The van der Waals surface area contributed by atoms with Crippen LogP contribution in [0.2, 0.25) is 0 Å². The van der Waals surface area contributed by atoms with Crippen LogP contribution in [0.1, 0.15) is 32.1 Å². The van der Waals surface area contributed by atoms with E-state index in [2.05, 4.69) is 6.58 Å². The van der Waals surface area contributed by atoms with Crippen molar-refractivity contribution in [3.63, 3.8) is 0 Å². The highest BCUT2D eigenvalue weighted by atomic mass is 16.2. The lowest BCUT2D eigenvalue weighted by Crippen LogP contribution is -2.31. The second-order valence-corrected chi connectivity index (χ2v) is 4.40. The molecule has 3 nitrogen and oxygen atoms in total. The summed E-state index contributed by atoms with van der Waals surface area (Å²) in [5.74, 6) is 0.116. The zero-order valence-electron chi connectivity index (χ0n) is 8.95. The Morgan fingerprint density at radius 2 is 1.73 bits per heavy atom. The standard InChI is InChI=1S/C12H17NO2/c1-2-3-8-13-11(14)9-6-4-5-7-10(9)12(13)15/h2,9-10H,1,3-8H2/t9-,10+. The first-order valence-corrected chi connectivity index (χ1v) is 5.72. The van der Waals surface area contributed by atoms with Gasteiger partial charge in [0.25, 0.3) is 0 Å². The van der Waals surface area contributed by atoms with Crippen LogP contribution in [0.5, 0.6) is 0 Å². The third-order valence-electron chi connectivity index (χ3n) is 3.49. The Kier molecular flexibility index (Phi) is 2.89. The SMILES string of the molecule is C=CCCN1C(=O)[C@H]2CCCC[C@H]2C1=O. The van der Waals surface area contributed by atoms with Crippen molar-refractivity contribution in [1.82, 2.24) is 4.90 Å². The maximum absolute atomic E-state index is 11.9. The normalized spacial score (nSPS) is 30.5. The number of nitrogens with zero attached hydrogens (tertiary/aromatic N) is 1. The number of fused-ring (bicyclic) bond motifs is 1. The van der Waals surface area contributed by atoms with Crippen molar-refractivity contribution < 1.29 is 9.59 Å². The van der Waals surface area contributed by atoms with Crippen molar-refractivity contribution in [1.29, 1.82) is 0 Å². The molecule has 82 valence electrons. The molecule has 0 aromatic heterocycles. The fourth-order valence-corrected chi connectivity index (χ4v) is 2.67. The number of carbonyl (C=O) groups is 2. The van der Waals surface area contributed by atoms with Crippen LogP contribution in [0.15, 0.2) is 12.7 Å². The third-order valence-corrected chi connectivity index (χ3v) is 3.49. The lowest BCUT2D eigenvalue weighted by molar-refractivity contribution is -0.139. The van der Waals surface area contributed by atoms with Gasteiger partial charge in [0.2, 0.25) is 11.8 Å². The van der Waals surface area contributed by atoms with E-state index in [1.54, 1.807) is 6.08 Å². The van der Waals surface area contributed by atoms with Gasteiger partial charge >= 0.3 is 0 Å². The molecule has 1 saturated carbocycles. The molecule has 0 aromatic carbocycles. The van der Waals surface area contributed by atoms with Crippen molar-refractivity contribution >= 4 is 11.8 Å². The molecule has 1 saturated heterocycles. The number of hydrogen-bond donors (Lipinski definition) is 0. The quantitative estimate of drug-likeness (QED) is 0.522. The van der Waals surface area contributed by atoms with Gasteiger partial charge in [-0.25, -0.2) is 0 Å². The van der Waals surface area contributed by atoms with Crippen molar-refractivity contribution in [2.75, 3.05) is 6.54 Å². The van der Waals surface area contributed by atoms with Gasteiger partial charge < -0.3 is 0 Å². The van der Waals surface area contributed by atoms with Crippen LogP contribution in [0.4, 0.5) is 0 Å². The summed E-state index contributed by atoms with van der Waals surface area (Å²) in [6.45, 7) is 4.14. The molecule has 2 aliphatic rings. The minimum absolute atomic E-state index is 0.00364. The summed E-state index contributed by atoms with van der Waals surface area (Å²) in [7, 11) is 0. The van der Waals surface area contributed by atoms with E-state index in [9.17, 15) is 9.59 Å². The Morgan fingerprint density at radius 3 is 2.20 bits per heavy atom. The number of imide groups is 1. The van der Waals surface area contributed by atoms with Crippen molar-refractivity contribution in [2.45, 2.75) is 32.1 Å². The Bertz CT molecular complexity index is 274. The Hall–Kier alpha value is -1.12. The van der Waals surface area contributed by atoms with E-state index >= 15 is 0 Å². The van der Waals surface area contributed by atoms with E-state index in [4.69, 9.17) is 0 Å². The first-order valence-electron chi connectivity index (χ1n) is 5.72. The summed E-state index contributed by atoms with van der Waals surface area (Å²) in [4.78, 5) is 25.3. The van der Waals surface area contributed by atoms with Gasteiger partial charge in [-0.2, -0.15) is 0 Å². The molecule has 1 heterocycles. The number of hydrogen-bond acceptors (Lipinski definition) is 2. The lowest BCUT2D eigenvalue weighted by Gasteiger charge is -2.19. The van der Waals surface area contributed by atoms with Gasteiger partial charge in [-0.05, 0) is 19.3 Å². The molecule has 0 radical (unpaired) electrons. The first-order chi connectivity index (χ1) is 7.25. The molecular formula is C12H17NO2. The van der Waals surface area contributed by atoms with Gasteiger partial charge in [0.1, 0.15) is 0 Å². The van der Waals surface area contributed by atoms with Gasteiger partial charge in [0.15, 0.2) is 0 Å². The van der Waals surface area contributed by atoms with Crippen LogP contribution in [-0.2, 0) is 9.59 Å². The van der Waals surface area contributed by atoms with E-state index in [1.165, 1.54) is 4.90 Å². The number of rotatable bonds is 3. The van der Waals surface area contributed by atoms with E-state index in [0.29, 0.717) is 13.0 Å². The molecule has 2 rings (SSSR count). The van der Waals surface area contributed by atoms with Crippen molar-refractivity contribution in [3.05, 3.63) is 12.7 Å². The van der Waals surface area contributed by atoms with Crippen LogP contribution in [-0.4, -0.2) is 23.3 Å². The first kappa shape index (κ1) is 10.4. The molecule has 0 bridgehead atoms. The molecule has 0 aromatic rings. The van der Waals surface area contributed by atoms with Gasteiger partial charge in [0.05, 0.1) is 11.8 Å². The van der Waals surface area contributed by atoms with Gasteiger partial charge in [-0.15, -0.1) is 6.58 Å². The third kappa shape index (κ3) is 1.71. The summed E-state index contributed by atoms with van der Waals surface area (Å²) in [6.07, 6.45) is 6.45. The Morgan fingerprint density at radius 1 is 1.20 bits per heavy atom. The number of carbonyl (C=O) groups excluding carboxylic acids is 2. The van der Waals surface area contributed by atoms with Crippen LogP contribution in [0.3, 0.4) is 0 Å². The van der Waals surface area contributed by atoms with E-state index in [0.717, 1.165) is 25.7 Å². The minimum atomic E-state index is -0.00364. The summed E-state index contributed by atoms with van der Waals surface area (Å²) in [5, 5.41) is 0. The van der Waals surface area contributed by atoms with Crippen LogP contribution < -0.4 is 0 Å². The average Bonchev–Trinajstić information content (AvgIpc) is 2.51. The average molecular weight is 207 g/mol. The lowest BCUT2D eigenvalue weighted by atomic mass is 9.81. The summed E-state index contributed by atoms with van der Waals surface area (Å²) in [6, 6.07) is 0. The highest BCUT2D eigenvalue weighted by Gasteiger charge is 2.47. The summed E-state index contributed by atoms with van der Waals surface area (Å²) in [5.41, 5.74) is 0. The molecule has 0 unspecified atom stereocenters. The fourth-order valence-electron chi connectivity index (χ4n) is 2.67. The smallest absolute Gasteiger partial charge is 0.233 e. The molecule has 3 heteroatoms. The number of amides is 2. The van der Waals surface area contributed by atoms with E-state index in [1.807, 2.05) is 0 Å². The molecule has 0 N–H and O–H groups in total. The molecule has 15 heavy (non-hydrogen) atoms. The molecule has 1 aliphatic heterocycles. The maximum Gasteiger partial charge on any atom is 0.233 e. The van der Waals surface area contributed by atoms with Gasteiger partial charge in [0, 0.05) is 6.54 Å².